The average molecular weight is 363 g/mol. The van der Waals surface area contributed by atoms with Crippen LogP contribution in [-0.4, -0.2) is 38.7 Å². The van der Waals surface area contributed by atoms with Gasteiger partial charge in [-0.05, 0) is 42.1 Å². The average Bonchev–Trinajstić information content (AvgIpc) is 3.20. The molecule has 1 aliphatic heterocycles. The van der Waals surface area contributed by atoms with Crippen LogP contribution in [0.1, 0.15) is 23.2 Å². The highest BCUT2D eigenvalue weighted by Gasteiger charge is 2.20. The van der Waals surface area contributed by atoms with Gasteiger partial charge in [0, 0.05) is 31.1 Å². The number of hydrogen-bond acceptors (Lipinski definition) is 4. The Kier molecular flexibility index (Phi) is 4.68. The van der Waals surface area contributed by atoms with Crippen molar-refractivity contribution in [3.8, 4) is 0 Å². The van der Waals surface area contributed by atoms with E-state index in [1.165, 1.54) is 23.5 Å². The van der Waals surface area contributed by atoms with Gasteiger partial charge in [-0.25, -0.2) is 0 Å². The lowest BCUT2D eigenvalue weighted by Crippen LogP contribution is -2.20. The molecule has 0 spiro atoms. The van der Waals surface area contributed by atoms with Crippen molar-refractivity contribution in [3.05, 3.63) is 46.7 Å². The summed E-state index contributed by atoms with van der Waals surface area (Å²) in [4.78, 5) is 13.9. The first-order valence-corrected chi connectivity index (χ1v) is 9.82. The molecule has 0 atom stereocenters. The van der Waals surface area contributed by atoms with Crippen molar-refractivity contribution in [1.82, 2.24) is 4.90 Å². The fourth-order valence-electron chi connectivity index (χ4n) is 2.41. The Labute approximate surface area is 144 Å². The molecule has 0 aliphatic carbocycles. The van der Waals surface area contributed by atoms with Gasteiger partial charge in [-0.1, -0.05) is 0 Å². The lowest BCUT2D eigenvalue weighted by Gasteiger charge is -2.11. The molecule has 0 radical (unpaired) electrons. The normalized spacial score (nSPS) is 16.5. The number of sulfonamides is 1. The van der Waals surface area contributed by atoms with E-state index in [-0.39, 0.29) is 10.8 Å². The van der Waals surface area contributed by atoms with Crippen molar-refractivity contribution in [3.63, 3.8) is 0 Å². The van der Waals surface area contributed by atoms with Crippen LogP contribution >= 0.6 is 11.3 Å². The van der Waals surface area contributed by atoms with E-state index >= 15 is 0 Å². The quantitative estimate of drug-likeness (QED) is 0.906. The van der Waals surface area contributed by atoms with E-state index in [0.717, 1.165) is 13.0 Å². The summed E-state index contributed by atoms with van der Waals surface area (Å²) in [6, 6.07) is 7.77. The Morgan fingerprint density at radius 3 is 2.58 bits per heavy atom. The molecule has 2 heterocycles. The zero-order valence-electron chi connectivity index (χ0n) is 13.1. The summed E-state index contributed by atoms with van der Waals surface area (Å²) >= 11 is 1.44. The summed E-state index contributed by atoms with van der Waals surface area (Å²) in [5.74, 6) is 0.365. The van der Waals surface area contributed by atoms with Gasteiger partial charge in [0.2, 0.25) is 0 Å². The predicted octanol–water partition coefficient (Wildman–Crippen LogP) is 2.81. The van der Waals surface area contributed by atoms with Crippen molar-refractivity contribution < 1.29 is 13.2 Å². The second kappa shape index (κ2) is 6.74. The van der Waals surface area contributed by atoms with Crippen molar-refractivity contribution >= 4 is 38.8 Å². The summed E-state index contributed by atoms with van der Waals surface area (Å²) in [5.41, 5.74) is 1.11. The lowest BCUT2D eigenvalue weighted by atomic mass is 10.3. The van der Waals surface area contributed by atoms with Crippen LogP contribution in [0.15, 0.2) is 50.4 Å². The van der Waals surface area contributed by atoms with Gasteiger partial charge in [0.15, 0.2) is 0 Å². The zero-order valence-corrected chi connectivity index (χ0v) is 14.7. The maximum absolute atomic E-state index is 12.4. The summed E-state index contributed by atoms with van der Waals surface area (Å²) in [6.45, 7) is 0.821. The van der Waals surface area contributed by atoms with E-state index in [1.807, 2.05) is 17.3 Å². The number of carbonyl (C=O) groups excluding carboxylic acids is 1. The molecule has 0 unspecified atom stereocenters. The molecule has 2 aromatic rings. The van der Waals surface area contributed by atoms with Crippen LogP contribution in [0, 0.1) is 0 Å². The number of carbonyl (C=O) groups is 1. The summed E-state index contributed by atoms with van der Waals surface area (Å²) in [7, 11) is -1.89. The van der Waals surface area contributed by atoms with Gasteiger partial charge in [0.1, 0.15) is 5.84 Å². The first-order chi connectivity index (χ1) is 11.5. The molecule has 1 aromatic carbocycles. The van der Waals surface area contributed by atoms with Gasteiger partial charge in [0.05, 0.1) is 10.5 Å². The van der Waals surface area contributed by atoms with Gasteiger partial charge < -0.3 is 10.2 Å². The van der Waals surface area contributed by atoms with Crippen LogP contribution in [0.5, 0.6) is 0 Å². The molecular weight excluding hydrogens is 346 g/mol. The van der Waals surface area contributed by atoms with Crippen molar-refractivity contribution in [2.45, 2.75) is 17.7 Å². The Hall–Kier alpha value is -2.19. The number of nitrogens with zero attached hydrogens (tertiary/aromatic N) is 2. The zero-order chi connectivity index (χ0) is 17.2. The Morgan fingerprint density at radius 2 is 2.00 bits per heavy atom. The van der Waals surface area contributed by atoms with Gasteiger partial charge in [0.25, 0.3) is 15.9 Å². The Balaban J connectivity index is 1.75. The highest BCUT2D eigenvalue weighted by molar-refractivity contribution is 7.90. The minimum atomic E-state index is -3.73. The summed E-state index contributed by atoms with van der Waals surface area (Å²) < 4.78 is 28.6. The number of benzene rings is 1. The predicted molar refractivity (Wildman–Crippen MR) is 95.2 cm³/mol. The molecule has 1 aliphatic rings. The van der Waals surface area contributed by atoms with Gasteiger partial charge in [-0.15, -0.1) is 4.40 Å². The number of nitrogens with one attached hydrogen (secondary N) is 1. The van der Waals surface area contributed by atoms with E-state index in [2.05, 4.69) is 9.71 Å². The smallest absolute Gasteiger partial charge is 0.283 e. The van der Waals surface area contributed by atoms with Gasteiger partial charge in [-0.2, -0.15) is 19.8 Å². The summed E-state index contributed by atoms with van der Waals surface area (Å²) in [5, 5.41) is 6.31. The molecule has 1 N–H and O–H groups in total. The topological polar surface area (TPSA) is 78.8 Å². The maximum atomic E-state index is 12.4. The van der Waals surface area contributed by atoms with Crippen LogP contribution < -0.4 is 5.32 Å². The number of amidine groups is 1. The molecule has 24 heavy (non-hydrogen) atoms. The molecule has 1 amide bonds. The fourth-order valence-corrected chi connectivity index (χ4v) is 4.14. The number of rotatable bonds is 4. The van der Waals surface area contributed by atoms with Crippen LogP contribution in [0.3, 0.4) is 0 Å². The van der Waals surface area contributed by atoms with Crippen LogP contribution in [0.25, 0.3) is 0 Å². The second-order valence-corrected chi connectivity index (χ2v) is 7.88. The largest absolute Gasteiger partial charge is 0.362 e. The molecule has 1 saturated heterocycles. The molecule has 8 heteroatoms. The van der Waals surface area contributed by atoms with Crippen LogP contribution in [-0.2, 0) is 10.0 Å². The van der Waals surface area contributed by atoms with Crippen molar-refractivity contribution in [2.24, 2.45) is 4.40 Å². The number of likely N-dealkylation sites (tertiary alicyclic amines) is 1. The van der Waals surface area contributed by atoms with E-state index in [1.54, 1.807) is 23.6 Å². The molecular formula is C16H17N3O3S2. The first kappa shape index (κ1) is 16.7. The third-order valence-electron chi connectivity index (χ3n) is 3.75. The molecule has 1 aromatic heterocycles. The number of amides is 1. The number of anilines is 1. The minimum Gasteiger partial charge on any atom is -0.362 e. The fraction of sp³-hybridized carbons (Fsp3) is 0.250. The monoisotopic (exact) mass is 363 g/mol. The van der Waals surface area contributed by atoms with Crippen molar-refractivity contribution in [2.75, 3.05) is 18.9 Å². The van der Waals surface area contributed by atoms with Gasteiger partial charge in [-0.3, -0.25) is 4.79 Å². The van der Waals surface area contributed by atoms with E-state index in [4.69, 9.17) is 0 Å². The van der Waals surface area contributed by atoms with E-state index < -0.39 is 10.0 Å². The number of hydrogen-bond donors (Lipinski definition) is 1. The SMILES string of the molecule is CN1CCC/C1=N\S(=O)(=O)c1ccc(NC(=O)c2ccsc2)cc1. The van der Waals surface area contributed by atoms with Crippen molar-refractivity contribution in [1.29, 1.82) is 0 Å². The molecule has 0 bridgehead atoms. The molecule has 6 nitrogen and oxygen atoms in total. The number of thiophene rings is 1. The second-order valence-electron chi connectivity index (χ2n) is 5.50. The summed E-state index contributed by atoms with van der Waals surface area (Å²) in [6.07, 6.45) is 1.59. The molecule has 126 valence electrons. The van der Waals surface area contributed by atoms with E-state index in [0.29, 0.717) is 23.5 Å². The van der Waals surface area contributed by atoms with Gasteiger partial charge >= 0.3 is 0 Å². The molecule has 0 saturated carbocycles. The molecule has 3 rings (SSSR count). The Morgan fingerprint density at radius 1 is 1.25 bits per heavy atom. The highest BCUT2D eigenvalue weighted by Crippen LogP contribution is 2.19. The van der Waals surface area contributed by atoms with E-state index in [9.17, 15) is 13.2 Å². The third kappa shape index (κ3) is 3.65. The minimum absolute atomic E-state index is 0.115. The van der Waals surface area contributed by atoms with Crippen LogP contribution in [0.2, 0.25) is 0 Å². The third-order valence-corrected chi connectivity index (χ3v) is 5.76. The van der Waals surface area contributed by atoms with Crippen LogP contribution in [0.4, 0.5) is 5.69 Å². The highest BCUT2D eigenvalue weighted by atomic mass is 32.2. The molecule has 1 fully saturated rings. The Bertz CT molecular complexity index is 856. The lowest BCUT2D eigenvalue weighted by molar-refractivity contribution is 0.102. The first-order valence-electron chi connectivity index (χ1n) is 7.44. The standard InChI is InChI=1S/C16H17N3O3S2/c1-19-9-2-3-15(19)18-24(21,22)14-6-4-13(5-7-14)17-16(20)12-8-10-23-11-12/h4-8,10-11H,2-3,9H2,1H3,(H,17,20)/b18-15+. The maximum Gasteiger partial charge on any atom is 0.283 e.